The van der Waals surface area contributed by atoms with Crippen molar-refractivity contribution in [3.63, 3.8) is 0 Å². The molecule has 15 heteroatoms. The molecule has 0 aromatic heterocycles. The van der Waals surface area contributed by atoms with Gasteiger partial charge in [-0.25, -0.2) is 0 Å². The van der Waals surface area contributed by atoms with E-state index in [1.807, 2.05) is 13.0 Å². The van der Waals surface area contributed by atoms with Crippen molar-refractivity contribution in [3.8, 4) is 0 Å². The largest absolute Gasteiger partial charge is 0.480 e. The van der Waals surface area contributed by atoms with E-state index in [1.54, 1.807) is 0 Å². The highest BCUT2D eigenvalue weighted by Crippen LogP contribution is 2.75. The Kier molecular flexibility index (Phi) is 11.5. The highest BCUT2D eigenvalue weighted by molar-refractivity contribution is 5.96. The number of amides is 1. The zero-order valence-electron chi connectivity index (χ0n) is 35.1. The number of carboxylic acid groups (broad SMARTS) is 1. The summed E-state index contributed by atoms with van der Waals surface area (Å²) in [7, 11) is 0. The Hall–Kier alpha value is -2.05. The summed E-state index contributed by atoms with van der Waals surface area (Å²) in [5.74, 6) is -2.09. The summed E-state index contributed by atoms with van der Waals surface area (Å²) in [5, 5.41) is 76.5. The van der Waals surface area contributed by atoms with E-state index in [2.05, 4.69) is 39.9 Å². The van der Waals surface area contributed by atoms with Crippen LogP contribution in [-0.2, 0) is 33.3 Å². The zero-order valence-corrected chi connectivity index (χ0v) is 35.1. The summed E-state index contributed by atoms with van der Waals surface area (Å²) in [6, 6.07) is 0. The van der Waals surface area contributed by atoms with Crippen LogP contribution in [0.3, 0.4) is 0 Å². The van der Waals surface area contributed by atoms with Gasteiger partial charge in [0.05, 0.1) is 30.8 Å². The first-order valence-electron chi connectivity index (χ1n) is 21.3. The van der Waals surface area contributed by atoms with E-state index in [0.29, 0.717) is 44.9 Å². The van der Waals surface area contributed by atoms with Crippen LogP contribution in [0, 0.1) is 50.2 Å². The summed E-state index contributed by atoms with van der Waals surface area (Å²) >= 11 is 0. The minimum absolute atomic E-state index is 0.0284. The second-order valence-corrected chi connectivity index (χ2v) is 20.8. The van der Waals surface area contributed by atoms with E-state index in [4.69, 9.17) is 18.9 Å². The Balaban J connectivity index is 1.17. The van der Waals surface area contributed by atoms with E-state index >= 15 is 4.79 Å². The Morgan fingerprint density at radius 3 is 2.22 bits per heavy atom. The number of allylic oxidation sites excluding steroid dienone is 2. The standard InChI is InChI=1S/C43H67NO14/c1-21-29(50)31(52)32(53)35(56-21)58-33-30(51)25(47)19-55-36(33)57-27-9-10-39(4)26(40(27,5)20-45)8-11-42(7)34(39)24(46)16-22-23-17-38(2,3)12-14-43(23,15-13-41(22,42)6)37(54)44-18-28(48)49/h16,21,23,25-27,29-36,45,47,50-53H,8-15,17-20H2,1-7H3,(H,44,54)(H,48,49)/t21-,23+,25+,26-,27+,29+,30+,31-,32-,33-,34-,35+,36+,39+,40+,41-,42-,43+/m1/s1. The second kappa shape index (κ2) is 15.1. The quantitative estimate of drug-likeness (QED) is 0.163. The summed E-state index contributed by atoms with van der Waals surface area (Å²) in [5.41, 5.74) is -2.18. The molecule has 0 aromatic rings. The van der Waals surface area contributed by atoms with E-state index in [9.17, 15) is 45.3 Å². The number of rotatable bonds is 8. The molecule has 7 rings (SSSR count). The van der Waals surface area contributed by atoms with Crippen molar-refractivity contribution < 1.29 is 69.1 Å². The lowest BCUT2D eigenvalue weighted by Gasteiger charge is -2.70. The van der Waals surface area contributed by atoms with Crippen molar-refractivity contribution in [2.45, 2.75) is 168 Å². The van der Waals surface area contributed by atoms with E-state index < -0.39 is 107 Å². The number of nitrogens with one attached hydrogen (secondary N) is 1. The predicted molar refractivity (Wildman–Crippen MR) is 205 cm³/mol. The lowest BCUT2D eigenvalue weighted by molar-refractivity contribution is -0.365. The summed E-state index contributed by atoms with van der Waals surface area (Å²) < 4.78 is 24.2. The molecule has 2 saturated heterocycles. The summed E-state index contributed by atoms with van der Waals surface area (Å²) in [4.78, 5) is 40.5. The molecule has 18 atom stereocenters. The average molecular weight is 822 g/mol. The SMILES string of the molecule is C[C@H]1O[C@@H](O[C@H]2[C@H](O[C@H]3CC[C@@]4(C)[C@@H](CC[C@]5(C)[C@@H]4C(=O)C=C4[C@@H]6CC(C)(C)CC[C@]6(C(=O)NCC(=O)O)CC[C@]45C)[C@]3(C)CO)OC[C@H](O)[C@@H]2O)[C@H](O)[C@H](O)[C@H]1O. The normalized spacial score (nSPS) is 51.3. The molecule has 58 heavy (non-hydrogen) atoms. The first-order chi connectivity index (χ1) is 27.0. The number of aliphatic hydroxyl groups is 6. The van der Waals surface area contributed by atoms with Crippen molar-refractivity contribution >= 4 is 17.7 Å². The molecule has 0 spiro atoms. The first kappa shape index (κ1) is 44.0. The maximum Gasteiger partial charge on any atom is 0.322 e. The minimum Gasteiger partial charge on any atom is -0.480 e. The van der Waals surface area contributed by atoms with Crippen LogP contribution >= 0.6 is 0 Å². The van der Waals surface area contributed by atoms with Crippen molar-refractivity contribution in [2.75, 3.05) is 19.8 Å². The molecular formula is C43H67NO14. The van der Waals surface area contributed by atoms with Crippen molar-refractivity contribution in [1.29, 1.82) is 0 Å². The smallest absolute Gasteiger partial charge is 0.322 e. The molecule has 0 aromatic carbocycles. The Morgan fingerprint density at radius 2 is 1.55 bits per heavy atom. The number of carbonyl (C=O) groups is 3. The molecular weight excluding hydrogens is 754 g/mol. The predicted octanol–water partition coefficient (Wildman–Crippen LogP) is 1.82. The van der Waals surface area contributed by atoms with E-state index in [-0.39, 0.29) is 42.2 Å². The maximum atomic E-state index is 15.0. The average Bonchev–Trinajstić information content (AvgIpc) is 3.16. The molecule has 0 radical (unpaired) electrons. The van der Waals surface area contributed by atoms with Crippen molar-refractivity contribution in [3.05, 3.63) is 11.6 Å². The van der Waals surface area contributed by atoms with Gasteiger partial charge in [-0.3, -0.25) is 14.4 Å². The topological polar surface area (TPSA) is 242 Å². The van der Waals surface area contributed by atoms with Crippen LogP contribution in [0.2, 0.25) is 0 Å². The van der Waals surface area contributed by atoms with Gasteiger partial charge in [0.2, 0.25) is 5.91 Å². The number of carbonyl (C=O) groups excluding carboxylic acids is 2. The molecule has 1 amide bonds. The van der Waals surface area contributed by atoms with Crippen LogP contribution in [0.15, 0.2) is 11.6 Å². The van der Waals surface area contributed by atoms with Gasteiger partial charge < -0.3 is 60.0 Å². The third-order valence-corrected chi connectivity index (χ3v) is 17.1. The van der Waals surface area contributed by atoms with Gasteiger partial charge in [-0.1, -0.05) is 47.1 Å². The highest BCUT2D eigenvalue weighted by atomic mass is 16.8. The number of fused-ring (bicyclic) bond motifs is 7. The van der Waals surface area contributed by atoms with Gasteiger partial charge in [-0.15, -0.1) is 0 Å². The van der Waals surface area contributed by atoms with Gasteiger partial charge in [-0.05, 0) is 104 Å². The van der Waals surface area contributed by atoms with Crippen LogP contribution in [0.5, 0.6) is 0 Å². The first-order valence-corrected chi connectivity index (χ1v) is 21.3. The van der Waals surface area contributed by atoms with Crippen LogP contribution < -0.4 is 5.32 Å². The molecule has 7 aliphatic rings. The molecule has 0 unspecified atom stereocenters. The number of ketones is 1. The molecule has 2 aliphatic heterocycles. The molecule has 2 heterocycles. The Bertz CT molecular complexity index is 1660. The van der Waals surface area contributed by atoms with Crippen molar-refractivity contribution in [2.24, 2.45) is 50.2 Å². The van der Waals surface area contributed by atoms with Crippen molar-refractivity contribution in [1.82, 2.24) is 5.32 Å². The van der Waals surface area contributed by atoms with Crippen LogP contribution in [0.25, 0.3) is 0 Å². The lowest BCUT2D eigenvalue weighted by atomic mass is 9.33. The van der Waals surface area contributed by atoms with Gasteiger partial charge in [0.25, 0.3) is 0 Å². The number of hydrogen-bond donors (Lipinski definition) is 8. The molecule has 15 nitrogen and oxygen atoms in total. The molecule has 5 aliphatic carbocycles. The highest BCUT2D eigenvalue weighted by Gasteiger charge is 2.72. The lowest BCUT2D eigenvalue weighted by Crippen LogP contribution is -2.68. The van der Waals surface area contributed by atoms with Crippen LogP contribution in [0.1, 0.15) is 106 Å². The van der Waals surface area contributed by atoms with Gasteiger partial charge in [0.15, 0.2) is 18.4 Å². The van der Waals surface area contributed by atoms with Gasteiger partial charge in [0.1, 0.15) is 43.2 Å². The fourth-order valence-electron chi connectivity index (χ4n) is 13.5. The molecule has 6 fully saturated rings. The third kappa shape index (κ3) is 6.64. The number of aliphatic carboxylic acids is 1. The number of ether oxygens (including phenoxy) is 4. The number of carboxylic acids is 1. The fourth-order valence-corrected chi connectivity index (χ4v) is 13.5. The maximum absolute atomic E-state index is 15.0. The zero-order chi connectivity index (χ0) is 42.5. The Morgan fingerprint density at radius 1 is 0.862 bits per heavy atom. The monoisotopic (exact) mass is 821 g/mol. The molecule has 0 bridgehead atoms. The Labute approximate surface area is 340 Å². The third-order valence-electron chi connectivity index (χ3n) is 17.1. The number of aliphatic hydroxyl groups excluding tert-OH is 6. The van der Waals surface area contributed by atoms with E-state index in [1.165, 1.54) is 6.92 Å². The fraction of sp³-hybridized carbons (Fsp3) is 0.884. The number of hydrogen-bond acceptors (Lipinski definition) is 13. The van der Waals surface area contributed by atoms with E-state index in [0.717, 1.165) is 18.4 Å². The summed E-state index contributed by atoms with van der Waals surface area (Å²) in [6.07, 6.45) is -5.49. The molecule has 328 valence electrons. The van der Waals surface area contributed by atoms with Gasteiger partial charge in [0, 0.05) is 11.3 Å². The summed E-state index contributed by atoms with van der Waals surface area (Å²) in [6.45, 7) is 13.6. The van der Waals surface area contributed by atoms with Crippen LogP contribution in [-0.4, -0.2) is 135 Å². The molecule has 4 saturated carbocycles. The van der Waals surface area contributed by atoms with Gasteiger partial charge in [-0.2, -0.15) is 0 Å². The molecule has 8 N–H and O–H groups in total. The van der Waals surface area contributed by atoms with Crippen LogP contribution in [0.4, 0.5) is 0 Å². The minimum atomic E-state index is -1.67. The second-order valence-electron chi connectivity index (χ2n) is 20.8. The van der Waals surface area contributed by atoms with Gasteiger partial charge >= 0.3 is 5.97 Å².